The summed E-state index contributed by atoms with van der Waals surface area (Å²) in [6.07, 6.45) is 7.30. The molecule has 37 heavy (non-hydrogen) atoms. The molecule has 4 rings (SSSR count). The fraction of sp³-hybridized carbons (Fsp3) is 0.657. The van der Waals surface area contributed by atoms with Crippen LogP contribution in [0, 0.1) is 11.8 Å². The zero-order valence-electron chi connectivity index (χ0n) is 25.5. The van der Waals surface area contributed by atoms with Gasteiger partial charge < -0.3 is 10.6 Å². The van der Waals surface area contributed by atoms with Crippen molar-refractivity contribution in [3.8, 4) is 0 Å². The second-order valence-corrected chi connectivity index (χ2v) is 15.8. The van der Waals surface area contributed by atoms with E-state index in [0.717, 1.165) is 11.8 Å². The molecule has 0 spiro atoms. The molecule has 2 aliphatic rings. The Bertz CT molecular complexity index is 936. The molecule has 2 N–H and O–H groups in total. The molecular formula is C35H54N2. The van der Waals surface area contributed by atoms with Crippen LogP contribution in [-0.4, -0.2) is 22.2 Å². The Kier molecular flexibility index (Phi) is 7.54. The molecule has 2 saturated heterocycles. The first kappa shape index (κ1) is 28.4. The minimum absolute atomic E-state index is 0.00542. The summed E-state index contributed by atoms with van der Waals surface area (Å²) in [7, 11) is 0. The molecule has 2 heterocycles. The van der Waals surface area contributed by atoms with Crippen LogP contribution in [0.5, 0.6) is 0 Å². The first-order chi connectivity index (χ1) is 16.9. The van der Waals surface area contributed by atoms with Gasteiger partial charge in [0.05, 0.1) is 0 Å². The lowest BCUT2D eigenvalue weighted by molar-refractivity contribution is 0.128. The molecule has 0 radical (unpaired) electrons. The predicted molar refractivity (Wildman–Crippen MR) is 160 cm³/mol. The smallest absolute Gasteiger partial charge is 0.0146 e. The van der Waals surface area contributed by atoms with Crippen molar-refractivity contribution < 1.29 is 0 Å². The third kappa shape index (κ3) is 7.27. The molecule has 0 aromatic heterocycles. The maximum absolute atomic E-state index is 3.83. The van der Waals surface area contributed by atoms with Crippen LogP contribution >= 0.6 is 0 Å². The monoisotopic (exact) mass is 502 g/mol. The molecule has 2 heteroatoms. The molecule has 2 fully saturated rings. The van der Waals surface area contributed by atoms with E-state index in [1.807, 2.05) is 0 Å². The van der Waals surface area contributed by atoms with Crippen LogP contribution in [-0.2, 0) is 18.3 Å². The normalized spacial score (nSPS) is 23.6. The second kappa shape index (κ2) is 9.83. The van der Waals surface area contributed by atoms with E-state index in [-0.39, 0.29) is 27.6 Å². The summed E-state index contributed by atoms with van der Waals surface area (Å²) in [5.74, 6) is 1.46. The van der Waals surface area contributed by atoms with Gasteiger partial charge in [0.15, 0.2) is 0 Å². The zero-order chi connectivity index (χ0) is 27.3. The largest absolute Gasteiger partial charge is 0.307 e. The molecule has 2 aromatic carbocycles. The van der Waals surface area contributed by atoms with E-state index in [0.29, 0.717) is 0 Å². The average Bonchev–Trinajstić information content (AvgIpc) is 2.70. The van der Waals surface area contributed by atoms with E-state index < -0.39 is 0 Å². The maximum atomic E-state index is 3.83. The minimum atomic E-state index is -0.00542. The Morgan fingerprint density at radius 1 is 0.541 bits per heavy atom. The van der Waals surface area contributed by atoms with E-state index in [1.165, 1.54) is 60.8 Å². The Morgan fingerprint density at radius 2 is 0.811 bits per heavy atom. The van der Waals surface area contributed by atoms with Crippen molar-refractivity contribution in [3.05, 3.63) is 70.8 Å². The van der Waals surface area contributed by atoms with Crippen molar-refractivity contribution in [1.29, 1.82) is 0 Å². The fourth-order valence-electron chi connectivity index (χ4n) is 8.30. The van der Waals surface area contributed by atoms with Crippen molar-refractivity contribution in [2.75, 3.05) is 0 Å². The minimum Gasteiger partial charge on any atom is -0.307 e. The van der Waals surface area contributed by atoms with Crippen LogP contribution in [0.3, 0.4) is 0 Å². The van der Waals surface area contributed by atoms with Gasteiger partial charge in [-0.05, 0) is 128 Å². The summed E-state index contributed by atoms with van der Waals surface area (Å²) in [5, 5.41) is 7.65. The summed E-state index contributed by atoms with van der Waals surface area (Å²) in [6.45, 7) is 23.6. The topological polar surface area (TPSA) is 24.1 Å². The van der Waals surface area contributed by atoms with Crippen LogP contribution in [0.2, 0.25) is 0 Å². The van der Waals surface area contributed by atoms with Crippen LogP contribution in [0.15, 0.2) is 48.5 Å². The lowest BCUT2D eigenvalue weighted by Crippen LogP contribution is -2.58. The Balaban J connectivity index is 1.41. The predicted octanol–water partition coefficient (Wildman–Crippen LogP) is 8.21. The van der Waals surface area contributed by atoms with Gasteiger partial charge in [-0.1, -0.05) is 62.4 Å². The summed E-state index contributed by atoms with van der Waals surface area (Å²) in [4.78, 5) is 0. The quantitative estimate of drug-likeness (QED) is 0.416. The molecule has 2 aliphatic heterocycles. The third-order valence-corrected chi connectivity index (χ3v) is 8.95. The van der Waals surface area contributed by atoms with E-state index in [2.05, 4.69) is 128 Å². The van der Waals surface area contributed by atoms with Crippen molar-refractivity contribution >= 4 is 0 Å². The number of rotatable bonds is 6. The Labute approximate surface area is 228 Å². The van der Waals surface area contributed by atoms with Crippen LogP contribution in [0.1, 0.15) is 117 Å². The Hall–Kier alpha value is -1.64. The maximum Gasteiger partial charge on any atom is 0.0146 e. The van der Waals surface area contributed by atoms with Gasteiger partial charge in [-0.15, -0.1) is 0 Å². The van der Waals surface area contributed by atoms with Crippen molar-refractivity contribution in [1.82, 2.24) is 10.6 Å². The molecule has 204 valence electrons. The number of hydrogen-bond donors (Lipinski definition) is 2. The van der Waals surface area contributed by atoms with Gasteiger partial charge >= 0.3 is 0 Å². The van der Waals surface area contributed by atoms with Crippen molar-refractivity contribution in [2.24, 2.45) is 11.8 Å². The first-order valence-corrected chi connectivity index (χ1v) is 14.7. The number of benzene rings is 2. The molecule has 0 atom stereocenters. The van der Waals surface area contributed by atoms with Gasteiger partial charge in [0, 0.05) is 27.6 Å². The molecular weight excluding hydrogens is 448 g/mol. The summed E-state index contributed by atoms with van der Waals surface area (Å²) in [6, 6.07) is 19.0. The fourth-order valence-corrected chi connectivity index (χ4v) is 8.30. The number of piperidine rings is 2. The lowest BCUT2D eigenvalue weighted by Gasteiger charge is -2.46. The number of nitrogens with one attached hydrogen (secondary N) is 2. The number of hydrogen-bond acceptors (Lipinski definition) is 2. The lowest BCUT2D eigenvalue weighted by atomic mass is 9.73. The highest BCUT2D eigenvalue weighted by atomic mass is 15.1. The van der Waals surface area contributed by atoms with Crippen molar-refractivity contribution in [3.63, 3.8) is 0 Å². The zero-order valence-corrected chi connectivity index (χ0v) is 25.5. The average molecular weight is 503 g/mol. The van der Waals surface area contributed by atoms with Gasteiger partial charge in [0.25, 0.3) is 0 Å². The van der Waals surface area contributed by atoms with Gasteiger partial charge in [-0.2, -0.15) is 0 Å². The van der Waals surface area contributed by atoms with Crippen LogP contribution in [0.4, 0.5) is 0 Å². The van der Waals surface area contributed by atoms with Gasteiger partial charge in [-0.3, -0.25) is 0 Å². The highest BCUT2D eigenvalue weighted by Crippen LogP contribution is 2.37. The molecule has 0 aliphatic carbocycles. The van der Waals surface area contributed by atoms with E-state index in [1.54, 1.807) is 0 Å². The highest BCUT2D eigenvalue weighted by Gasteiger charge is 2.38. The van der Waals surface area contributed by atoms with E-state index in [4.69, 9.17) is 0 Å². The third-order valence-electron chi connectivity index (χ3n) is 8.95. The van der Waals surface area contributed by atoms with Crippen LogP contribution < -0.4 is 10.6 Å². The van der Waals surface area contributed by atoms with Gasteiger partial charge in [0.1, 0.15) is 0 Å². The van der Waals surface area contributed by atoms with E-state index in [9.17, 15) is 0 Å². The van der Waals surface area contributed by atoms with Gasteiger partial charge in [-0.25, -0.2) is 0 Å². The standard InChI is InChI=1S/C35H54N2/c1-31(2)21-27(22-32(3,4)36-31)19-25-11-15-29(16-12-25)35(9,10)30-17-13-26(14-18-30)20-28-23-33(5,6)37-34(7,8)24-28/h11-18,27-28,36-37H,19-24H2,1-10H3. The van der Waals surface area contributed by atoms with Gasteiger partial charge in [0.2, 0.25) is 0 Å². The molecule has 2 nitrogen and oxygen atoms in total. The van der Waals surface area contributed by atoms with Crippen LogP contribution in [0.25, 0.3) is 0 Å². The van der Waals surface area contributed by atoms with Crippen molar-refractivity contribution in [2.45, 2.75) is 135 Å². The molecule has 2 aromatic rings. The molecule has 0 amide bonds. The summed E-state index contributed by atoms with van der Waals surface area (Å²) < 4.78 is 0. The molecule has 0 unspecified atom stereocenters. The second-order valence-electron chi connectivity index (χ2n) is 15.8. The Morgan fingerprint density at radius 3 is 1.08 bits per heavy atom. The first-order valence-electron chi connectivity index (χ1n) is 14.7. The summed E-state index contributed by atoms with van der Waals surface area (Å²) in [5.41, 5.74) is 6.58. The molecule has 0 bridgehead atoms. The highest BCUT2D eigenvalue weighted by molar-refractivity contribution is 5.40. The summed E-state index contributed by atoms with van der Waals surface area (Å²) >= 11 is 0. The van der Waals surface area contributed by atoms with E-state index >= 15 is 0 Å². The SMILES string of the molecule is CC1(C)CC(Cc2ccc(C(C)(C)c3ccc(CC4CC(C)(C)NC(C)(C)C4)cc3)cc2)CC(C)(C)N1. The molecule has 0 saturated carbocycles.